The first kappa shape index (κ1) is 30.9. The summed E-state index contributed by atoms with van der Waals surface area (Å²) in [6.45, 7) is 3.62. The minimum atomic E-state index is -5.05. The second kappa shape index (κ2) is 13.3. The molecule has 0 heterocycles. The van der Waals surface area contributed by atoms with Gasteiger partial charge in [-0.1, -0.05) is 114 Å². The highest BCUT2D eigenvalue weighted by molar-refractivity contribution is 7.53. The van der Waals surface area contributed by atoms with Crippen molar-refractivity contribution in [2.45, 2.75) is 38.0 Å². The molecule has 5 N–H and O–H groups in total. The lowest BCUT2D eigenvalue weighted by molar-refractivity contribution is -0.137. The number of aliphatic carboxylic acids is 1. The van der Waals surface area contributed by atoms with Crippen LogP contribution in [0, 0.1) is 13.8 Å². The van der Waals surface area contributed by atoms with E-state index in [2.05, 4.69) is 10.6 Å². The molecule has 0 spiro atoms. The monoisotopic (exact) mass is 586 g/mol. The number of hydrogen-bond donors (Lipinski definition) is 5. The Balaban J connectivity index is 1.79. The van der Waals surface area contributed by atoms with Gasteiger partial charge in [-0.2, -0.15) is 0 Å². The lowest BCUT2D eigenvalue weighted by Gasteiger charge is -2.39. The SMILES string of the molecule is Cc1ccc(C(NC(Cc2ccc(-c3ccccc3)cc2)C(=O)NCCC(=O)O)(c2ccc(C)cc2)P(=O)(O)O)cc1. The highest BCUT2D eigenvalue weighted by Crippen LogP contribution is 2.59. The van der Waals surface area contributed by atoms with E-state index in [9.17, 15) is 23.9 Å². The van der Waals surface area contributed by atoms with E-state index in [4.69, 9.17) is 5.11 Å². The lowest BCUT2D eigenvalue weighted by Crippen LogP contribution is -2.55. The van der Waals surface area contributed by atoms with Crippen molar-refractivity contribution in [3.8, 4) is 11.1 Å². The third kappa shape index (κ3) is 7.22. The first-order valence-electron chi connectivity index (χ1n) is 13.6. The second-order valence-electron chi connectivity index (χ2n) is 10.4. The molecule has 9 heteroatoms. The molecule has 4 aromatic carbocycles. The standard InChI is InChI=1S/C33H35N2O6P/c1-23-8-16-28(17-9-23)33(42(39,40)41,29-18-10-24(2)11-19-29)35-30(32(38)34-21-20-31(36)37)22-25-12-14-27(15-13-25)26-6-4-3-5-7-26/h3-19,30,35H,20-22H2,1-2H3,(H,34,38)(H,36,37)(H2,39,40,41). The molecular weight excluding hydrogens is 551 g/mol. The largest absolute Gasteiger partial charge is 0.481 e. The van der Waals surface area contributed by atoms with Gasteiger partial charge in [0.2, 0.25) is 5.91 Å². The normalized spacial score (nSPS) is 12.5. The first-order chi connectivity index (χ1) is 20.0. The molecule has 0 aliphatic heterocycles. The molecule has 4 rings (SSSR count). The summed E-state index contributed by atoms with van der Waals surface area (Å²) in [6, 6.07) is 29.9. The number of aryl methyl sites for hydroxylation is 2. The number of carboxylic acid groups (broad SMARTS) is 1. The van der Waals surface area contributed by atoms with Gasteiger partial charge in [0.05, 0.1) is 12.5 Å². The average molecular weight is 587 g/mol. The van der Waals surface area contributed by atoms with E-state index in [1.165, 1.54) is 0 Å². The summed E-state index contributed by atoms with van der Waals surface area (Å²) in [6.07, 6.45) is -0.197. The fourth-order valence-corrected chi connectivity index (χ4v) is 6.21. The topological polar surface area (TPSA) is 136 Å². The first-order valence-corrected chi connectivity index (χ1v) is 15.2. The quantitative estimate of drug-likeness (QED) is 0.145. The summed E-state index contributed by atoms with van der Waals surface area (Å²) in [5, 5.41) is 12.7. The predicted octanol–water partition coefficient (Wildman–Crippen LogP) is 5.14. The van der Waals surface area contributed by atoms with Gasteiger partial charge in [0.1, 0.15) is 0 Å². The van der Waals surface area contributed by atoms with Crippen LogP contribution in [-0.2, 0) is 25.9 Å². The van der Waals surface area contributed by atoms with Crippen molar-refractivity contribution in [3.63, 3.8) is 0 Å². The molecule has 1 unspecified atom stereocenters. The maximum atomic E-state index is 13.6. The Kier molecular flexibility index (Phi) is 9.76. The number of carbonyl (C=O) groups excluding carboxylic acids is 1. The molecule has 0 fully saturated rings. The fourth-order valence-electron chi connectivity index (χ4n) is 4.92. The van der Waals surface area contributed by atoms with Gasteiger partial charge >= 0.3 is 13.6 Å². The zero-order valence-electron chi connectivity index (χ0n) is 23.5. The van der Waals surface area contributed by atoms with E-state index in [0.29, 0.717) is 11.1 Å². The Labute approximate surface area is 245 Å². The number of carboxylic acids is 1. The highest BCUT2D eigenvalue weighted by Gasteiger charge is 2.52. The fraction of sp³-hybridized carbons (Fsp3) is 0.212. The highest BCUT2D eigenvalue weighted by atomic mass is 31.2. The Bertz CT molecular complexity index is 1500. The predicted molar refractivity (Wildman–Crippen MR) is 163 cm³/mol. The summed E-state index contributed by atoms with van der Waals surface area (Å²) in [5.41, 5.74) is 5.18. The molecule has 0 bridgehead atoms. The van der Waals surface area contributed by atoms with Crippen molar-refractivity contribution in [3.05, 3.63) is 131 Å². The molecule has 0 aromatic heterocycles. The van der Waals surface area contributed by atoms with Crippen LogP contribution < -0.4 is 10.6 Å². The van der Waals surface area contributed by atoms with Crippen molar-refractivity contribution in [2.24, 2.45) is 0 Å². The molecule has 218 valence electrons. The maximum Gasteiger partial charge on any atom is 0.354 e. The second-order valence-corrected chi connectivity index (χ2v) is 12.1. The number of amides is 1. The van der Waals surface area contributed by atoms with E-state index in [1.54, 1.807) is 48.5 Å². The van der Waals surface area contributed by atoms with E-state index in [-0.39, 0.29) is 19.4 Å². The van der Waals surface area contributed by atoms with Gasteiger partial charge < -0.3 is 20.2 Å². The maximum absolute atomic E-state index is 13.6. The van der Waals surface area contributed by atoms with Crippen LogP contribution in [0.3, 0.4) is 0 Å². The Hall–Kier alpha value is -4.07. The molecule has 0 aliphatic carbocycles. The molecular formula is C33H35N2O6P. The summed E-state index contributed by atoms with van der Waals surface area (Å²) in [5.74, 6) is -1.64. The van der Waals surface area contributed by atoms with Gasteiger partial charge in [-0.15, -0.1) is 0 Å². The van der Waals surface area contributed by atoms with Crippen LogP contribution in [0.4, 0.5) is 0 Å². The molecule has 1 atom stereocenters. The van der Waals surface area contributed by atoms with Crippen LogP contribution in [0.5, 0.6) is 0 Å². The van der Waals surface area contributed by atoms with E-state index in [1.807, 2.05) is 68.4 Å². The zero-order chi connectivity index (χ0) is 30.3. The third-order valence-corrected chi connectivity index (χ3v) is 8.73. The third-order valence-electron chi connectivity index (χ3n) is 7.21. The Morgan fingerprint density at radius 2 is 1.26 bits per heavy atom. The molecule has 1 amide bonds. The smallest absolute Gasteiger partial charge is 0.354 e. The van der Waals surface area contributed by atoms with Crippen LogP contribution in [0.25, 0.3) is 11.1 Å². The molecule has 0 saturated carbocycles. The van der Waals surface area contributed by atoms with Crippen molar-refractivity contribution >= 4 is 19.5 Å². The van der Waals surface area contributed by atoms with Gasteiger partial charge in [0.15, 0.2) is 5.28 Å². The summed E-state index contributed by atoms with van der Waals surface area (Å²) in [4.78, 5) is 46.7. The molecule has 4 aromatic rings. The summed E-state index contributed by atoms with van der Waals surface area (Å²) < 4.78 is 13.6. The lowest BCUT2D eigenvalue weighted by atomic mass is 9.93. The van der Waals surface area contributed by atoms with Crippen molar-refractivity contribution in [1.82, 2.24) is 10.6 Å². The van der Waals surface area contributed by atoms with Gasteiger partial charge in [-0.25, -0.2) is 0 Å². The number of carbonyl (C=O) groups is 2. The van der Waals surface area contributed by atoms with E-state index < -0.39 is 30.8 Å². The number of nitrogens with one attached hydrogen (secondary N) is 2. The molecule has 8 nitrogen and oxygen atoms in total. The van der Waals surface area contributed by atoms with Crippen LogP contribution in [0.1, 0.15) is 34.2 Å². The van der Waals surface area contributed by atoms with E-state index in [0.717, 1.165) is 27.8 Å². The number of benzene rings is 4. The number of hydrogen-bond acceptors (Lipinski definition) is 4. The molecule has 0 radical (unpaired) electrons. The van der Waals surface area contributed by atoms with Crippen LogP contribution in [-0.4, -0.2) is 39.4 Å². The summed E-state index contributed by atoms with van der Waals surface area (Å²) in [7, 11) is -5.05. The van der Waals surface area contributed by atoms with E-state index >= 15 is 0 Å². The average Bonchev–Trinajstić information content (AvgIpc) is 2.96. The van der Waals surface area contributed by atoms with Gasteiger partial charge in [0.25, 0.3) is 0 Å². The van der Waals surface area contributed by atoms with Crippen LogP contribution >= 0.6 is 7.60 Å². The van der Waals surface area contributed by atoms with Crippen LogP contribution in [0.2, 0.25) is 0 Å². The van der Waals surface area contributed by atoms with Crippen molar-refractivity contribution in [2.75, 3.05) is 6.54 Å². The number of rotatable bonds is 12. The molecule has 42 heavy (non-hydrogen) atoms. The van der Waals surface area contributed by atoms with Crippen molar-refractivity contribution < 1.29 is 29.0 Å². The minimum absolute atomic E-state index is 0.0907. The zero-order valence-corrected chi connectivity index (χ0v) is 24.4. The van der Waals surface area contributed by atoms with Gasteiger partial charge in [-0.3, -0.25) is 19.5 Å². The van der Waals surface area contributed by atoms with Crippen LogP contribution in [0.15, 0.2) is 103 Å². The Morgan fingerprint density at radius 1 is 0.762 bits per heavy atom. The van der Waals surface area contributed by atoms with Gasteiger partial charge in [-0.05, 0) is 48.1 Å². The van der Waals surface area contributed by atoms with Crippen molar-refractivity contribution in [1.29, 1.82) is 0 Å². The van der Waals surface area contributed by atoms with Gasteiger partial charge in [0, 0.05) is 6.54 Å². The summed E-state index contributed by atoms with van der Waals surface area (Å²) >= 11 is 0. The molecule has 0 aliphatic rings. The minimum Gasteiger partial charge on any atom is -0.481 e. The molecule has 0 saturated heterocycles. The Morgan fingerprint density at radius 3 is 1.74 bits per heavy atom.